The summed E-state index contributed by atoms with van der Waals surface area (Å²) in [5.41, 5.74) is 0.932. The lowest BCUT2D eigenvalue weighted by molar-refractivity contribution is 1.28. The summed E-state index contributed by atoms with van der Waals surface area (Å²) in [6, 6.07) is 7.81. The van der Waals surface area contributed by atoms with Crippen LogP contribution >= 0.6 is 23.1 Å². The minimum absolute atomic E-state index is 0.589. The zero-order chi connectivity index (χ0) is 8.39. The third-order valence-corrected chi connectivity index (χ3v) is 2.40. The lowest BCUT2D eigenvalue weighted by Gasteiger charge is -1.80. The van der Waals surface area contributed by atoms with E-state index in [1.54, 1.807) is 0 Å². The normalized spacial score (nSPS) is 11.4. The molecule has 2 rings (SSSR count). The van der Waals surface area contributed by atoms with Crippen molar-refractivity contribution < 1.29 is 0 Å². The summed E-state index contributed by atoms with van der Waals surface area (Å²) in [6.45, 7) is 0. The van der Waals surface area contributed by atoms with Gasteiger partial charge in [0.2, 0.25) is 5.13 Å². The van der Waals surface area contributed by atoms with Gasteiger partial charge in [-0.15, -0.1) is 5.11 Å². The van der Waals surface area contributed by atoms with Gasteiger partial charge in [-0.2, -0.15) is 0 Å². The predicted molar refractivity (Wildman–Crippen MR) is 50.0 cm³/mol. The highest BCUT2D eigenvalue weighted by atomic mass is 35.5. The number of benzene rings is 1. The Morgan fingerprint density at radius 2 is 2.17 bits per heavy atom. The molecule has 60 valence electrons. The molecule has 0 N–H and O–H groups in total. The first-order valence-electron chi connectivity index (χ1n) is 3.28. The predicted octanol–water partition coefficient (Wildman–Crippen LogP) is 3.53. The number of thiazole rings is 1. The van der Waals surface area contributed by atoms with Gasteiger partial charge in [0.15, 0.2) is 0 Å². The van der Waals surface area contributed by atoms with E-state index in [0.29, 0.717) is 5.13 Å². The van der Waals surface area contributed by atoms with Gasteiger partial charge >= 0.3 is 0 Å². The Labute approximate surface area is 77.8 Å². The van der Waals surface area contributed by atoms with E-state index in [0.717, 1.165) is 10.2 Å². The Hall–Kier alpha value is -1.00. The Morgan fingerprint density at radius 1 is 1.33 bits per heavy atom. The van der Waals surface area contributed by atoms with E-state index in [4.69, 9.17) is 11.8 Å². The van der Waals surface area contributed by atoms with E-state index in [2.05, 4.69) is 14.7 Å². The van der Waals surface area contributed by atoms with Gasteiger partial charge in [0.1, 0.15) is 0 Å². The quantitative estimate of drug-likeness (QED) is 0.645. The molecule has 0 aliphatic rings. The van der Waals surface area contributed by atoms with Crippen molar-refractivity contribution in [2.24, 2.45) is 9.75 Å². The van der Waals surface area contributed by atoms with Crippen molar-refractivity contribution in [3.63, 3.8) is 0 Å². The SMILES string of the molecule is Cl/N=N\c1nc2ccccc2s1. The molecular formula is C7H4ClN3S. The minimum atomic E-state index is 0.589. The van der Waals surface area contributed by atoms with Crippen LogP contribution in [0, 0.1) is 0 Å². The van der Waals surface area contributed by atoms with Crippen molar-refractivity contribution in [2.45, 2.75) is 0 Å². The summed E-state index contributed by atoms with van der Waals surface area (Å²) in [6.07, 6.45) is 0. The molecule has 0 aliphatic heterocycles. The van der Waals surface area contributed by atoms with Crippen molar-refractivity contribution >= 4 is 38.5 Å². The second kappa shape index (κ2) is 3.16. The van der Waals surface area contributed by atoms with E-state index in [1.165, 1.54) is 11.3 Å². The third kappa shape index (κ3) is 1.31. The highest BCUT2D eigenvalue weighted by Gasteiger charge is 1.99. The molecule has 1 aromatic heterocycles. The van der Waals surface area contributed by atoms with Crippen LogP contribution in [-0.2, 0) is 0 Å². The monoisotopic (exact) mass is 197 g/mol. The molecule has 0 saturated carbocycles. The molecule has 0 spiro atoms. The van der Waals surface area contributed by atoms with Crippen LogP contribution in [0.5, 0.6) is 0 Å². The molecule has 1 aromatic carbocycles. The molecule has 0 unspecified atom stereocenters. The molecule has 1 heterocycles. The largest absolute Gasteiger partial charge is 0.232 e. The molecule has 5 heteroatoms. The smallest absolute Gasteiger partial charge is 0.217 e. The first-order valence-corrected chi connectivity index (χ1v) is 4.43. The van der Waals surface area contributed by atoms with Crippen LogP contribution in [0.1, 0.15) is 0 Å². The number of fused-ring (bicyclic) bond motifs is 1. The number of nitrogens with zero attached hydrogens (tertiary/aromatic N) is 3. The van der Waals surface area contributed by atoms with E-state index >= 15 is 0 Å². The molecule has 0 atom stereocenters. The first-order chi connectivity index (χ1) is 5.90. The number of hydrogen-bond acceptors (Lipinski definition) is 4. The number of para-hydroxylation sites is 1. The molecule has 0 bridgehead atoms. The zero-order valence-corrected chi connectivity index (χ0v) is 7.51. The first kappa shape index (κ1) is 7.64. The lowest BCUT2D eigenvalue weighted by Crippen LogP contribution is -1.62. The van der Waals surface area contributed by atoms with Gasteiger partial charge in [-0.25, -0.2) is 4.98 Å². The second-order valence-electron chi connectivity index (χ2n) is 2.14. The standard InChI is InChI=1S/C7H4ClN3S/c8-11-10-7-9-5-3-1-2-4-6(5)12-7/h1-4H/b11-10-. The fraction of sp³-hybridized carbons (Fsp3) is 0. The van der Waals surface area contributed by atoms with Gasteiger partial charge in [0.05, 0.1) is 22.0 Å². The second-order valence-corrected chi connectivity index (χ2v) is 3.30. The van der Waals surface area contributed by atoms with Gasteiger partial charge in [-0.3, -0.25) is 0 Å². The molecule has 3 nitrogen and oxygen atoms in total. The van der Waals surface area contributed by atoms with Crippen LogP contribution < -0.4 is 0 Å². The summed E-state index contributed by atoms with van der Waals surface area (Å²) < 4.78 is 4.24. The fourth-order valence-electron chi connectivity index (χ4n) is 0.935. The van der Waals surface area contributed by atoms with Gasteiger partial charge in [-0.1, -0.05) is 28.1 Å². The summed E-state index contributed by atoms with van der Waals surface area (Å²) in [7, 11) is 0. The number of rotatable bonds is 1. The lowest BCUT2D eigenvalue weighted by atomic mass is 10.3. The van der Waals surface area contributed by atoms with Crippen LogP contribution in [-0.4, -0.2) is 4.98 Å². The average Bonchev–Trinajstić information content (AvgIpc) is 2.47. The number of hydrogen-bond donors (Lipinski definition) is 0. The van der Waals surface area contributed by atoms with Crippen molar-refractivity contribution in [1.29, 1.82) is 0 Å². The van der Waals surface area contributed by atoms with E-state index in [9.17, 15) is 0 Å². The van der Waals surface area contributed by atoms with Gasteiger partial charge in [0.25, 0.3) is 0 Å². The topological polar surface area (TPSA) is 37.6 Å². The van der Waals surface area contributed by atoms with Crippen molar-refractivity contribution in [1.82, 2.24) is 4.98 Å². The van der Waals surface area contributed by atoms with Crippen LogP contribution in [0.2, 0.25) is 0 Å². The molecular weight excluding hydrogens is 194 g/mol. The van der Waals surface area contributed by atoms with Crippen molar-refractivity contribution in [2.75, 3.05) is 0 Å². The van der Waals surface area contributed by atoms with Crippen LogP contribution in [0.15, 0.2) is 34.0 Å². The number of halogens is 1. The summed E-state index contributed by atoms with van der Waals surface area (Å²) >= 11 is 6.55. The van der Waals surface area contributed by atoms with Crippen LogP contribution in [0.4, 0.5) is 5.13 Å². The third-order valence-electron chi connectivity index (χ3n) is 1.41. The maximum absolute atomic E-state index is 5.09. The van der Waals surface area contributed by atoms with Crippen LogP contribution in [0.25, 0.3) is 10.2 Å². The van der Waals surface area contributed by atoms with Gasteiger partial charge in [-0.05, 0) is 12.1 Å². The van der Waals surface area contributed by atoms with Crippen LogP contribution in [0.3, 0.4) is 0 Å². The van der Waals surface area contributed by atoms with E-state index in [-0.39, 0.29) is 0 Å². The highest BCUT2D eigenvalue weighted by Crippen LogP contribution is 2.27. The van der Waals surface area contributed by atoms with Crippen molar-refractivity contribution in [3.05, 3.63) is 24.3 Å². The molecule has 0 saturated heterocycles. The number of aromatic nitrogens is 1. The zero-order valence-electron chi connectivity index (χ0n) is 5.94. The minimum Gasteiger partial charge on any atom is -0.217 e. The molecule has 0 aliphatic carbocycles. The maximum Gasteiger partial charge on any atom is 0.232 e. The average molecular weight is 198 g/mol. The highest BCUT2D eigenvalue weighted by molar-refractivity contribution is 7.21. The molecule has 0 radical (unpaired) electrons. The molecule has 0 fully saturated rings. The van der Waals surface area contributed by atoms with Gasteiger partial charge in [0, 0.05) is 0 Å². The van der Waals surface area contributed by atoms with E-state index in [1.807, 2.05) is 24.3 Å². The van der Waals surface area contributed by atoms with Gasteiger partial charge < -0.3 is 0 Å². The molecule has 2 aromatic rings. The fourth-order valence-corrected chi connectivity index (χ4v) is 1.84. The molecule has 12 heavy (non-hydrogen) atoms. The summed E-state index contributed by atoms with van der Waals surface area (Å²) in [4.78, 5) is 4.18. The Morgan fingerprint density at radius 3 is 2.92 bits per heavy atom. The maximum atomic E-state index is 5.09. The summed E-state index contributed by atoms with van der Waals surface area (Å²) in [5.74, 6) is 0. The molecule has 0 amide bonds. The Balaban J connectivity index is 2.62. The summed E-state index contributed by atoms with van der Waals surface area (Å²) in [5, 5.41) is 4.23. The van der Waals surface area contributed by atoms with E-state index < -0.39 is 0 Å². The Kier molecular flexibility index (Phi) is 2.01. The van der Waals surface area contributed by atoms with Crippen molar-refractivity contribution in [3.8, 4) is 0 Å². The Bertz CT molecular complexity index is 390.